The quantitative estimate of drug-likeness (QED) is 0.801. The summed E-state index contributed by atoms with van der Waals surface area (Å²) in [6.45, 7) is 4.17. The molecule has 4 nitrogen and oxygen atoms in total. The minimum Gasteiger partial charge on any atom is -0.390 e. The Hall–Kier alpha value is -1.24. The summed E-state index contributed by atoms with van der Waals surface area (Å²) in [6.07, 6.45) is 0. The van der Waals surface area contributed by atoms with E-state index in [1.54, 1.807) is 27.2 Å². The van der Waals surface area contributed by atoms with Crippen LogP contribution < -0.4 is 0 Å². The van der Waals surface area contributed by atoms with E-state index in [-0.39, 0.29) is 6.61 Å². The second kappa shape index (κ2) is 4.46. The lowest BCUT2D eigenvalue weighted by Gasteiger charge is -1.98. The van der Waals surface area contributed by atoms with Crippen molar-refractivity contribution in [3.63, 3.8) is 0 Å². The molecule has 0 atom stereocenters. The third kappa shape index (κ3) is 1.77. The molecule has 3 heterocycles. The third-order valence-electron chi connectivity index (χ3n) is 2.71. The van der Waals surface area contributed by atoms with Crippen LogP contribution in [0.2, 0.25) is 0 Å². The maximum atomic E-state index is 9.56. The predicted octanol–water partition coefficient (Wildman–Crippen LogP) is 3.14. The van der Waals surface area contributed by atoms with Gasteiger partial charge in [-0.05, 0) is 11.4 Å². The van der Waals surface area contributed by atoms with Gasteiger partial charge in [0, 0.05) is 5.92 Å². The van der Waals surface area contributed by atoms with Crippen molar-refractivity contribution in [2.24, 2.45) is 0 Å². The van der Waals surface area contributed by atoms with Crippen LogP contribution in [0.1, 0.15) is 30.5 Å². The predicted molar refractivity (Wildman–Crippen MR) is 74.2 cm³/mol. The Morgan fingerprint density at radius 2 is 2.28 bits per heavy atom. The summed E-state index contributed by atoms with van der Waals surface area (Å²) in [5, 5.41) is 17.1. The molecule has 18 heavy (non-hydrogen) atoms. The largest absolute Gasteiger partial charge is 0.390 e. The number of hydrogen-bond acceptors (Lipinski definition) is 5. The van der Waals surface area contributed by atoms with E-state index in [9.17, 15) is 5.11 Å². The molecule has 0 aliphatic heterocycles. The van der Waals surface area contributed by atoms with Gasteiger partial charge in [0.25, 0.3) is 0 Å². The Labute approximate surface area is 113 Å². The zero-order chi connectivity index (χ0) is 12.7. The molecular formula is C12H13N3OS2. The molecule has 94 valence electrons. The summed E-state index contributed by atoms with van der Waals surface area (Å²) in [7, 11) is 0. The van der Waals surface area contributed by atoms with E-state index in [1.165, 1.54) is 0 Å². The molecular weight excluding hydrogens is 266 g/mol. The molecule has 0 spiro atoms. The van der Waals surface area contributed by atoms with Gasteiger partial charge in [-0.3, -0.25) is 0 Å². The summed E-state index contributed by atoms with van der Waals surface area (Å²) in [4.78, 5) is 6.52. The maximum absolute atomic E-state index is 9.56. The molecule has 0 amide bonds. The van der Waals surface area contributed by atoms with Gasteiger partial charge >= 0.3 is 0 Å². The van der Waals surface area contributed by atoms with E-state index in [4.69, 9.17) is 0 Å². The Kier molecular flexibility index (Phi) is 2.93. The van der Waals surface area contributed by atoms with Crippen molar-refractivity contribution in [3.8, 4) is 10.6 Å². The number of thiophene rings is 1. The zero-order valence-corrected chi connectivity index (χ0v) is 11.8. The van der Waals surface area contributed by atoms with Gasteiger partial charge in [-0.1, -0.05) is 31.3 Å². The Morgan fingerprint density at radius 1 is 1.44 bits per heavy atom. The van der Waals surface area contributed by atoms with Crippen LogP contribution in [-0.4, -0.2) is 19.7 Å². The van der Waals surface area contributed by atoms with Crippen LogP contribution in [0.25, 0.3) is 15.5 Å². The van der Waals surface area contributed by atoms with Gasteiger partial charge in [0.05, 0.1) is 17.2 Å². The highest BCUT2D eigenvalue weighted by Gasteiger charge is 2.18. The average Bonchev–Trinajstić information content (AvgIpc) is 3.03. The molecule has 0 aromatic carbocycles. The van der Waals surface area contributed by atoms with Crippen molar-refractivity contribution >= 4 is 27.6 Å². The van der Waals surface area contributed by atoms with Crippen LogP contribution in [0.15, 0.2) is 17.5 Å². The minimum absolute atomic E-state index is 0.0460. The fourth-order valence-electron chi connectivity index (χ4n) is 1.79. The third-order valence-corrected chi connectivity index (χ3v) is 4.80. The lowest BCUT2D eigenvalue weighted by Crippen LogP contribution is -1.96. The Bertz CT molecular complexity index is 667. The van der Waals surface area contributed by atoms with E-state index < -0.39 is 0 Å². The van der Waals surface area contributed by atoms with E-state index >= 15 is 0 Å². The van der Waals surface area contributed by atoms with Crippen molar-refractivity contribution in [2.75, 3.05) is 0 Å². The number of rotatable bonds is 3. The smallest absolute Gasteiger partial charge is 0.213 e. The van der Waals surface area contributed by atoms with E-state index in [2.05, 4.69) is 23.9 Å². The summed E-state index contributed by atoms with van der Waals surface area (Å²) in [5.74, 6) is 0.383. The first-order valence-electron chi connectivity index (χ1n) is 5.73. The summed E-state index contributed by atoms with van der Waals surface area (Å²) in [5.41, 5.74) is 1.62. The lowest BCUT2D eigenvalue weighted by molar-refractivity contribution is 0.275. The van der Waals surface area contributed by atoms with E-state index in [1.807, 2.05) is 17.5 Å². The molecule has 0 aliphatic carbocycles. The molecule has 1 N–H and O–H groups in total. The standard InChI is InChI=1S/C12H13N3OS2/c1-7(2)11-14-15-8(6-16)10(13-12(15)18-11)9-4-3-5-17-9/h3-5,7,16H,6H2,1-2H3. The topological polar surface area (TPSA) is 50.4 Å². The van der Waals surface area contributed by atoms with Gasteiger partial charge in [-0.25, -0.2) is 9.50 Å². The Balaban J connectivity index is 2.20. The molecule has 0 unspecified atom stereocenters. The van der Waals surface area contributed by atoms with Gasteiger partial charge in [0.2, 0.25) is 4.96 Å². The normalized spacial score (nSPS) is 11.8. The van der Waals surface area contributed by atoms with Crippen molar-refractivity contribution in [2.45, 2.75) is 26.4 Å². The van der Waals surface area contributed by atoms with Gasteiger partial charge in [-0.2, -0.15) is 5.10 Å². The Morgan fingerprint density at radius 3 is 2.89 bits per heavy atom. The van der Waals surface area contributed by atoms with E-state index in [0.29, 0.717) is 5.92 Å². The maximum Gasteiger partial charge on any atom is 0.213 e. The first kappa shape index (κ1) is 11.8. The van der Waals surface area contributed by atoms with E-state index in [0.717, 1.165) is 26.2 Å². The number of aliphatic hydroxyl groups excluding tert-OH is 1. The second-order valence-electron chi connectivity index (χ2n) is 4.33. The van der Waals surface area contributed by atoms with Gasteiger partial charge in [0.1, 0.15) is 10.7 Å². The van der Waals surface area contributed by atoms with Crippen molar-refractivity contribution in [3.05, 3.63) is 28.2 Å². The molecule has 0 aliphatic rings. The number of nitrogens with zero attached hydrogens (tertiary/aromatic N) is 3. The molecule has 6 heteroatoms. The summed E-state index contributed by atoms with van der Waals surface area (Å²) < 4.78 is 1.77. The SMILES string of the molecule is CC(C)c1nn2c(CO)c(-c3cccs3)nc2s1. The van der Waals surface area contributed by atoms with Crippen molar-refractivity contribution < 1.29 is 5.11 Å². The molecule has 0 saturated heterocycles. The lowest BCUT2D eigenvalue weighted by atomic mass is 10.2. The first-order valence-corrected chi connectivity index (χ1v) is 7.43. The molecule has 0 bridgehead atoms. The van der Waals surface area contributed by atoms with Crippen molar-refractivity contribution in [1.82, 2.24) is 14.6 Å². The molecule has 3 aromatic heterocycles. The minimum atomic E-state index is -0.0460. The highest BCUT2D eigenvalue weighted by Crippen LogP contribution is 2.31. The van der Waals surface area contributed by atoms with Crippen LogP contribution >= 0.6 is 22.7 Å². The highest BCUT2D eigenvalue weighted by molar-refractivity contribution is 7.17. The van der Waals surface area contributed by atoms with Crippen LogP contribution in [0, 0.1) is 0 Å². The molecule has 0 saturated carbocycles. The second-order valence-corrected chi connectivity index (χ2v) is 6.27. The number of aromatic nitrogens is 3. The van der Waals surface area contributed by atoms with Crippen LogP contribution in [0.3, 0.4) is 0 Å². The average molecular weight is 279 g/mol. The molecule has 3 aromatic rings. The number of aliphatic hydroxyl groups is 1. The van der Waals surface area contributed by atoms with Crippen LogP contribution in [0.4, 0.5) is 0 Å². The zero-order valence-electron chi connectivity index (χ0n) is 10.1. The number of imidazole rings is 1. The monoisotopic (exact) mass is 279 g/mol. The van der Waals surface area contributed by atoms with Crippen LogP contribution in [0.5, 0.6) is 0 Å². The fourth-order valence-corrected chi connectivity index (χ4v) is 3.45. The first-order chi connectivity index (χ1) is 8.70. The van der Waals surface area contributed by atoms with Gasteiger partial charge in [-0.15, -0.1) is 11.3 Å². The fraction of sp³-hybridized carbons (Fsp3) is 0.333. The number of hydrogen-bond donors (Lipinski definition) is 1. The molecule has 3 rings (SSSR count). The van der Waals surface area contributed by atoms with Gasteiger partial charge in [0.15, 0.2) is 0 Å². The van der Waals surface area contributed by atoms with Crippen LogP contribution in [-0.2, 0) is 6.61 Å². The molecule has 0 fully saturated rings. The van der Waals surface area contributed by atoms with Crippen molar-refractivity contribution in [1.29, 1.82) is 0 Å². The summed E-state index contributed by atoms with van der Waals surface area (Å²) >= 11 is 3.21. The van der Waals surface area contributed by atoms with Gasteiger partial charge < -0.3 is 5.11 Å². The molecule has 0 radical (unpaired) electrons. The highest BCUT2D eigenvalue weighted by atomic mass is 32.1. The summed E-state index contributed by atoms with van der Waals surface area (Å²) in [6, 6.07) is 4.00. The number of fused-ring (bicyclic) bond motifs is 1.